The summed E-state index contributed by atoms with van der Waals surface area (Å²) in [6.45, 7) is -0.250. The first-order valence-corrected chi connectivity index (χ1v) is 4.57. The molecule has 15 heavy (non-hydrogen) atoms. The molecule has 0 bridgehead atoms. The molecule has 0 aromatic rings. The maximum Gasteiger partial charge on any atom is 0.290 e. The van der Waals surface area contributed by atoms with Crippen molar-refractivity contribution in [3.8, 4) is 0 Å². The smallest absolute Gasteiger partial charge is 0.290 e. The molecule has 0 unspecified atom stereocenters. The number of carboxylic acid groups (broad SMARTS) is 1. The molecule has 2 nitrogen and oxygen atoms in total. The van der Waals surface area contributed by atoms with Crippen LogP contribution < -0.4 is 0 Å². The third kappa shape index (κ3) is 3.65. The Morgan fingerprint density at radius 2 is 1.20 bits per heavy atom. The predicted octanol–water partition coefficient (Wildman–Crippen LogP) is 2.79. The van der Waals surface area contributed by atoms with E-state index in [1.807, 2.05) is 12.2 Å². The summed E-state index contributed by atoms with van der Waals surface area (Å²) in [5.74, 6) is 0. The maximum absolute atomic E-state index is 8.36. The van der Waals surface area contributed by atoms with Crippen molar-refractivity contribution in [1.82, 2.24) is 0 Å². The lowest BCUT2D eigenvalue weighted by Gasteiger charge is -1.98. The quantitative estimate of drug-likeness (QED) is 0.610. The second-order valence-electron chi connectivity index (χ2n) is 2.84. The van der Waals surface area contributed by atoms with Gasteiger partial charge in [0.05, 0.1) is 0 Å². The third-order valence-electron chi connectivity index (χ3n) is 1.88. The van der Waals surface area contributed by atoms with Crippen LogP contribution in [-0.2, 0) is 4.79 Å². The highest BCUT2D eigenvalue weighted by molar-refractivity contribution is 5.53. The normalized spacial score (nSPS) is 16.3. The van der Waals surface area contributed by atoms with E-state index in [-0.39, 0.29) is 6.47 Å². The minimum Gasteiger partial charge on any atom is -0.483 e. The average molecular weight is 200 g/mol. The Kier molecular flexibility index (Phi) is 4.67. The van der Waals surface area contributed by atoms with Crippen LogP contribution in [-0.4, -0.2) is 11.6 Å². The van der Waals surface area contributed by atoms with Crippen LogP contribution in [0.1, 0.15) is 0 Å². The van der Waals surface area contributed by atoms with Crippen molar-refractivity contribution in [2.75, 3.05) is 0 Å². The first-order valence-electron chi connectivity index (χ1n) is 4.57. The van der Waals surface area contributed by atoms with Crippen molar-refractivity contribution in [3.05, 3.63) is 71.9 Å². The number of carbonyl (C=O) groups is 1. The van der Waals surface area contributed by atoms with E-state index in [0.717, 1.165) is 0 Å². The van der Waals surface area contributed by atoms with Gasteiger partial charge in [0.25, 0.3) is 6.47 Å². The van der Waals surface area contributed by atoms with Gasteiger partial charge in [-0.05, 0) is 11.1 Å². The topological polar surface area (TPSA) is 37.3 Å². The molecule has 0 radical (unpaired) electrons. The summed E-state index contributed by atoms with van der Waals surface area (Å²) in [6, 6.07) is 0. The van der Waals surface area contributed by atoms with Crippen LogP contribution >= 0.6 is 0 Å². The Hall–Kier alpha value is -2.09. The molecule has 2 heteroatoms. The monoisotopic (exact) mass is 200 g/mol. The molecule has 0 amide bonds. The summed E-state index contributed by atoms with van der Waals surface area (Å²) in [4.78, 5) is 8.36. The molecule has 2 aliphatic carbocycles. The lowest BCUT2D eigenvalue weighted by molar-refractivity contribution is -0.122. The Balaban J connectivity index is 0.000000337. The summed E-state index contributed by atoms with van der Waals surface area (Å²) >= 11 is 0. The summed E-state index contributed by atoms with van der Waals surface area (Å²) in [5, 5.41) is 6.89. The second kappa shape index (κ2) is 6.38. The van der Waals surface area contributed by atoms with Gasteiger partial charge in [-0.25, -0.2) is 0 Å². The van der Waals surface area contributed by atoms with Crippen molar-refractivity contribution < 1.29 is 9.90 Å². The minimum absolute atomic E-state index is 0.250. The number of rotatable bonds is 0. The summed E-state index contributed by atoms with van der Waals surface area (Å²) in [5.41, 5.74) is 2.54. The largest absolute Gasteiger partial charge is 0.483 e. The molecule has 0 saturated carbocycles. The van der Waals surface area contributed by atoms with Crippen LogP contribution in [0.25, 0.3) is 0 Å². The molecular weight excluding hydrogens is 188 g/mol. The van der Waals surface area contributed by atoms with E-state index >= 15 is 0 Å². The van der Waals surface area contributed by atoms with Crippen LogP contribution in [0.5, 0.6) is 0 Å². The van der Waals surface area contributed by atoms with E-state index < -0.39 is 0 Å². The van der Waals surface area contributed by atoms with Gasteiger partial charge < -0.3 is 5.11 Å². The minimum atomic E-state index is -0.250. The van der Waals surface area contributed by atoms with Gasteiger partial charge in [0.2, 0.25) is 0 Å². The van der Waals surface area contributed by atoms with Crippen LogP contribution in [0.15, 0.2) is 71.9 Å². The van der Waals surface area contributed by atoms with Crippen molar-refractivity contribution in [2.24, 2.45) is 0 Å². The molecule has 0 heterocycles. The fraction of sp³-hybridized carbons (Fsp3) is 0. The molecule has 0 fully saturated rings. The Morgan fingerprint density at radius 3 is 1.60 bits per heavy atom. The van der Waals surface area contributed by atoms with E-state index in [1.54, 1.807) is 0 Å². The van der Waals surface area contributed by atoms with E-state index in [2.05, 4.69) is 48.6 Å². The molecule has 2 rings (SSSR count). The number of fused-ring (bicyclic) bond motifs is 1. The van der Waals surface area contributed by atoms with Crippen LogP contribution in [0.2, 0.25) is 0 Å². The highest BCUT2D eigenvalue weighted by Gasteiger charge is 1.98. The molecule has 76 valence electrons. The fourth-order valence-corrected chi connectivity index (χ4v) is 1.26. The van der Waals surface area contributed by atoms with E-state index in [9.17, 15) is 0 Å². The van der Waals surface area contributed by atoms with Gasteiger partial charge in [0.1, 0.15) is 0 Å². The van der Waals surface area contributed by atoms with Gasteiger partial charge in [-0.2, -0.15) is 0 Å². The number of allylic oxidation sites excluding steroid dienone is 12. The van der Waals surface area contributed by atoms with E-state index in [4.69, 9.17) is 9.90 Å². The third-order valence-corrected chi connectivity index (χ3v) is 1.88. The maximum atomic E-state index is 8.36. The summed E-state index contributed by atoms with van der Waals surface area (Å²) in [7, 11) is 0. The van der Waals surface area contributed by atoms with Gasteiger partial charge in [-0.1, -0.05) is 60.8 Å². The summed E-state index contributed by atoms with van der Waals surface area (Å²) < 4.78 is 0. The van der Waals surface area contributed by atoms with Crippen LogP contribution in [0.3, 0.4) is 0 Å². The summed E-state index contributed by atoms with van der Waals surface area (Å²) in [6.07, 6.45) is 20.8. The molecule has 1 N–H and O–H groups in total. The predicted molar refractivity (Wildman–Crippen MR) is 61.4 cm³/mol. The molecule has 0 atom stereocenters. The second-order valence-corrected chi connectivity index (χ2v) is 2.84. The molecule has 2 aliphatic rings. The Morgan fingerprint density at radius 1 is 0.800 bits per heavy atom. The first kappa shape index (κ1) is 11.0. The van der Waals surface area contributed by atoms with Crippen molar-refractivity contribution >= 4 is 6.47 Å². The van der Waals surface area contributed by atoms with Gasteiger partial charge in [0, 0.05) is 0 Å². The van der Waals surface area contributed by atoms with Gasteiger partial charge >= 0.3 is 0 Å². The lowest BCUT2D eigenvalue weighted by Crippen LogP contribution is -1.79. The first-order chi connectivity index (χ1) is 7.38. The molecule has 0 aromatic carbocycles. The highest BCUT2D eigenvalue weighted by Crippen LogP contribution is 2.18. The Bertz CT molecular complexity index is 355. The zero-order chi connectivity index (χ0) is 10.9. The zero-order valence-electron chi connectivity index (χ0n) is 8.21. The highest BCUT2D eigenvalue weighted by atomic mass is 16.3. The van der Waals surface area contributed by atoms with Crippen LogP contribution in [0.4, 0.5) is 0 Å². The number of hydrogen-bond acceptors (Lipinski definition) is 1. The lowest BCUT2D eigenvalue weighted by atomic mass is 10.1. The molecule has 0 aromatic heterocycles. The fourth-order valence-electron chi connectivity index (χ4n) is 1.26. The van der Waals surface area contributed by atoms with Crippen molar-refractivity contribution in [3.63, 3.8) is 0 Å². The molecule has 0 spiro atoms. The molecule has 0 saturated heterocycles. The average Bonchev–Trinajstić information content (AvgIpc) is 2.54. The standard InChI is InChI=1S/C12H10.CH2O2/c1-3-7-11-9-5-2-6-10-12(11)8-4-1;2-1-3/h1-10H;1H,(H,2,3). The van der Waals surface area contributed by atoms with Crippen molar-refractivity contribution in [2.45, 2.75) is 0 Å². The molecular formula is C13H12O2. The van der Waals surface area contributed by atoms with Gasteiger partial charge in [0.15, 0.2) is 0 Å². The SMILES string of the molecule is C1=CC=C2C=CC=CC=C2C=C1.O=CO. The van der Waals surface area contributed by atoms with Crippen LogP contribution in [0, 0.1) is 0 Å². The Labute approximate surface area is 88.9 Å². The zero-order valence-corrected chi connectivity index (χ0v) is 8.21. The van der Waals surface area contributed by atoms with Gasteiger partial charge in [-0.3, -0.25) is 4.79 Å². The van der Waals surface area contributed by atoms with E-state index in [0.29, 0.717) is 0 Å². The number of hydrogen-bond donors (Lipinski definition) is 1. The molecule has 0 aliphatic heterocycles. The van der Waals surface area contributed by atoms with Gasteiger partial charge in [-0.15, -0.1) is 0 Å². The van der Waals surface area contributed by atoms with Crippen molar-refractivity contribution in [1.29, 1.82) is 0 Å². The van der Waals surface area contributed by atoms with E-state index in [1.165, 1.54) is 11.1 Å².